The van der Waals surface area contributed by atoms with E-state index in [1.54, 1.807) is 33.5 Å². The van der Waals surface area contributed by atoms with Gasteiger partial charge >= 0.3 is 0 Å². The van der Waals surface area contributed by atoms with Crippen molar-refractivity contribution in [1.82, 2.24) is 5.32 Å². The van der Waals surface area contributed by atoms with Crippen LogP contribution in [0.4, 0.5) is 8.78 Å². The molecule has 1 N–H and O–H groups in total. The number of rotatable bonds is 7. The summed E-state index contributed by atoms with van der Waals surface area (Å²) in [6, 6.07) is 7.37. The van der Waals surface area contributed by atoms with E-state index in [1.165, 1.54) is 6.07 Å². The lowest BCUT2D eigenvalue weighted by Gasteiger charge is -2.18. The molecule has 0 bridgehead atoms. The Balaban J connectivity index is 0.00000312. The van der Waals surface area contributed by atoms with Crippen LogP contribution in [-0.2, 0) is 6.54 Å². The molecule has 2 aromatic carbocycles. The fourth-order valence-electron chi connectivity index (χ4n) is 2.47. The monoisotopic (exact) mass is 373 g/mol. The molecule has 1 unspecified atom stereocenters. The largest absolute Gasteiger partial charge is 0.493 e. The third kappa shape index (κ3) is 4.74. The number of ether oxygens (including phenoxy) is 3. The molecule has 0 heterocycles. The summed E-state index contributed by atoms with van der Waals surface area (Å²) in [6.45, 7) is 2.34. The second-order valence-electron chi connectivity index (χ2n) is 5.27. The molecule has 2 aromatic rings. The van der Waals surface area contributed by atoms with E-state index < -0.39 is 11.6 Å². The van der Waals surface area contributed by atoms with Gasteiger partial charge in [-0.05, 0) is 30.7 Å². The molecule has 0 aliphatic rings. The Kier molecular flexibility index (Phi) is 7.93. The highest BCUT2D eigenvalue weighted by atomic mass is 35.5. The van der Waals surface area contributed by atoms with Gasteiger partial charge in [-0.25, -0.2) is 8.78 Å². The fraction of sp³-hybridized carbons (Fsp3) is 0.333. The van der Waals surface area contributed by atoms with Crippen LogP contribution in [0.5, 0.6) is 17.2 Å². The third-order valence-electron chi connectivity index (χ3n) is 3.83. The summed E-state index contributed by atoms with van der Waals surface area (Å²) < 4.78 is 42.4. The molecule has 7 heteroatoms. The van der Waals surface area contributed by atoms with Crippen LogP contribution in [-0.4, -0.2) is 21.3 Å². The van der Waals surface area contributed by atoms with Gasteiger partial charge in [-0.1, -0.05) is 12.1 Å². The average molecular weight is 374 g/mol. The van der Waals surface area contributed by atoms with Crippen LogP contribution in [0.3, 0.4) is 0 Å². The fourth-order valence-corrected chi connectivity index (χ4v) is 2.47. The highest BCUT2D eigenvalue weighted by Crippen LogP contribution is 2.39. The molecule has 0 radical (unpaired) electrons. The smallest absolute Gasteiger partial charge is 0.203 e. The summed E-state index contributed by atoms with van der Waals surface area (Å²) >= 11 is 0. The lowest BCUT2D eigenvalue weighted by atomic mass is 10.1. The number of methoxy groups -OCH3 is 3. The van der Waals surface area contributed by atoms with Crippen LogP contribution in [0.25, 0.3) is 0 Å². The van der Waals surface area contributed by atoms with E-state index >= 15 is 0 Å². The topological polar surface area (TPSA) is 39.7 Å². The lowest BCUT2D eigenvalue weighted by molar-refractivity contribution is 0.321. The molecule has 2 rings (SSSR count). The van der Waals surface area contributed by atoms with Crippen molar-refractivity contribution in [1.29, 1.82) is 0 Å². The van der Waals surface area contributed by atoms with Gasteiger partial charge in [0.25, 0.3) is 0 Å². The molecular formula is C18H22ClF2NO3. The molecule has 0 aliphatic carbocycles. The molecule has 0 aromatic heterocycles. The molecule has 0 saturated heterocycles. The summed E-state index contributed by atoms with van der Waals surface area (Å²) in [6.07, 6.45) is 0. The molecule has 0 saturated carbocycles. The van der Waals surface area contributed by atoms with Crippen molar-refractivity contribution in [2.75, 3.05) is 21.3 Å². The number of halogens is 3. The molecule has 0 aliphatic heterocycles. The second kappa shape index (κ2) is 9.44. The summed E-state index contributed by atoms with van der Waals surface area (Å²) in [5.41, 5.74) is 1.53. The standard InChI is InChI=1S/C18H21F2NO3.ClH/c1-11(12-5-7-14(19)15(20)9-12)21-10-13-6-8-16(22-2)18(24-4)17(13)23-3;/h5-9,11,21H,10H2,1-4H3;1H. The van der Waals surface area contributed by atoms with E-state index in [4.69, 9.17) is 14.2 Å². The van der Waals surface area contributed by atoms with E-state index in [1.807, 2.05) is 13.0 Å². The first kappa shape index (κ1) is 21.0. The number of nitrogens with one attached hydrogen (secondary N) is 1. The lowest BCUT2D eigenvalue weighted by Crippen LogP contribution is -2.19. The Hall–Kier alpha value is -2.05. The SMILES string of the molecule is COc1ccc(CNC(C)c2ccc(F)c(F)c2)c(OC)c1OC.Cl. The van der Waals surface area contributed by atoms with Gasteiger partial charge in [-0.3, -0.25) is 0 Å². The number of hydrogen-bond donors (Lipinski definition) is 1. The van der Waals surface area contributed by atoms with Crippen LogP contribution in [0.1, 0.15) is 24.1 Å². The number of benzene rings is 2. The first-order valence-corrected chi connectivity index (χ1v) is 7.48. The van der Waals surface area contributed by atoms with Gasteiger partial charge in [0.1, 0.15) is 0 Å². The van der Waals surface area contributed by atoms with E-state index in [-0.39, 0.29) is 18.4 Å². The molecule has 0 spiro atoms. The maximum atomic E-state index is 13.4. The summed E-state index contributed by atoms with van der Waals surface area (Å²) in [7, 11) is 4.65. The van der Waals surface area contributed by atoms with Crippen LogP contribution in [0.2, 0.25) is 0 Å². The summed E-state index contributed by atoms with van der Waals surface area (Å²) in [5.74, 6) is -0.0503. The van der Waals surface area contributed by atoms with Crippen molar-refractivity contribution >= 4 is 12.4 Å². The van der Waals surface area contributed by atoms with E-state index in [0.717, 1.165) is 11.6 Å². The van der Waals surface area contributed by atoms with Crippen LogP contribution >= 0.6 is 12.4 Å². The van der Waals surface area contributed by atoms with Crippen LogP contribution in [0, 0.1) is 11.6 Å². The van der Waals surface area contributed by atoms with Crippen molar-refractivity contribution in [3.8, 4) is 17.2 Å². The van der Waals surface area contributed by atoms with Crippen molar-refractivity contribution in [3.63, 3.8) is 0 Å². The molecule has 0 amide bonds. The Morgan fingerprint density at radius 2 is 1.60 bits per heavy atom. The summed E-state index contributed by atoms with van der Waals surface area (Å²) in [4.78, 5) is 0. The predicted molar refractivity (Wildman–Crippen MR) is 95.0 cm³/mol. The molecule has 0 fully saturated rings. The quantitative estimate of drug-likeness (QED) is 0.787. The minimum atomic E-state index is -0.857. The highest BCUT2D eigenvalue weighted by Gasteiger charge is 2.16. The number of hydrogen-bond acceptors (Lipinski definition) is 4. The molecule has 25 heavy (non-hydrogen) atoms. The Bertz CT molecular complexity index is 713. The van der Waals surface area contributed by atoms with Crippen molar-refractivity contribution < 1.29 is 23.0 Å². The van der Waals surface area contributed by atoms with Crippen molar-refractivity contribution in [2.24, 2.45) is 0 Å². The minimum Gasteiger partial charge on any atom is -0.493 e. The van der Waals surface area contributed by atoms with Crippen molar-refractivity contribution in [2.45, 2.75) is 19.5 Å². The van der Waals surface area contributed by atoms with Crippen molar-refractivity contribution in [3.05, 3.63) is 53.1 Å². The normalized spacial score (nSPS) is 11.4. The Morgan fingerprint density at radius 1 is 0.920 bits per heavy atom. The average Bonchev–Trinajstić information content (AvgIpc) is 2.60. The zero-order valence-corrected chi connectivity index (χ0v) is 15.4. The maximum Gasteiger partial charge on any atom is 0.203 e. The van der Waals surface area contributed by atoms with Gasteiger partial charge in [0.15, 0.2) is 23.1 Å². The first-order valence-electron chi connectivity index (χ1n) is 7.48. The van der Waals surface area contributed by atoms with Crippen LogP contribution < -0.4 is 19.5 Å². The van der Waals surface area contributed by atoms with E-state index in [2.05, 4.69) is 5.32 Å². The van der Waals surface area contributed by atoms with Gasteiger partial charge in [-0.2, -0.15) is 0 Å². The van der Waals surface area contributed by atoms with Gasteiger partial charge < -0.3 is 19.5 Å². The van der Waals surface area contributed by atoms with E-state index in [9.17, 15) is 8.78 Å². The molecule has 138 valence electrons. The zero-order chi connectivity index (χ0) is 17.7. The second-order valence-corrected chi connectivity index (χ2v) is 5.27. The van der Waals surface area contributed by atoms with Gasteiger partial charge in [0, 0.05) is 18.2 Å². The first-order chi connectivity index (χ1) is 11.5. The zero-order valence-electron chi connectivity index (χ0n) is 14.6. The van der Waals surface area contributed by atoms with Crippen LogP contribution in [0.15, 0.2) is 30.3 Å². The molecular weight excluding hydrogens is 352 g/mol. The van der Waals surface area contributed by atoms with Gasteiger partial charge in [0.2, 0.25) is 5.75 Å². The minimum absolute atomic E-state index is 0. The molecule has 4 nitrogen and oxygen atoms in total. The van der Waals surface area contributed by atoms with Gasteiger partial charge in [-0.15, -0.1) is 12.4 Å². The highest BCUT2D eigenvalue weighted by molar-refractivity contribution is 5.85. The van der Waals surface area contributed by atoms with Gasteiger partial charge in [0.05, 0.1) is 21.3 Å². The Morgan fingerprint density at radius 3 is 2.16 bits per heavy atom. The third-order valence-corrected chi connectivity index (χ3v) is 3.83. The predicted octanol–water partition coefficient (Wildman–Crippen LogP) is 4.26. The maximum absolute atomic E-state index is 13.4. The molecule has 1 atom stereocenters. The van der Waals surface area contributed by atoms with E-state index in [0.29, 0.717) is 29.4 Å². The summed E-state index contributed by atoms with van der Waals surface area (Å²) in [5, 5.41) is 3.26. The Labute approximate surface area is 152 Å².